The molecular weight excluding hydrogens is 378 g/mol. The number of carbonyl (C=O) groups excluding carboxylic acids is 1. The highest BCUT2D eigenvalue weighted by Gasteiger charge is 2.62. The summed E-state index contributed by atoms with van der Waals surface area (Å²) in [6, 6.07) is 8.18. The number of likely N-dealkylation sites (tertiary alicyclic amines) is 1. The van der Waals surface area contributed by atoms with Crippen LogP contribution in [0.15, 0.2) is 24.3 Å². The zero-order chi connectivity index (χ0) is 20.7. The molecule has 7 heteroatoms. The van der Waals surface area contributed by atoms with Crippen molar-refractivity contribution >= 4 is 5.91 Å². The molecule has 1 aromatic carbocycles. The van der Waals surface area contributed by atoms with Crippen molar-refractivity contribution in [3.05, 3.63) is 47.0 Å². The summed E-state index contributed by atoms with van der Waals surface area (Å²) in [6.07, 6.45) is 3.80. The predicted molar refractivity (Wildman–Crippen MR) is 113 cm³/mol. The van der Waals surface area contributed by atoms with Crippen LogP contribution in [0.1, 0.15) is 42.5 Å². The Bertz CT molecular complexity index is 911. The van der Waals surface area contributed by atoms with Crippen molar-refractivity contribution in [2.24, 2.45) is 11.8 Å². The van der Waals surface area contributed by atoms with Gasteiger partial charge in [-0.3, -0.25) is 14.8 Å². The molecule has 0 radical (unpaired) electrons. The summed E-state index contributed by atoms with van der Waals surface area (Å²) in [4.78, 5) is 19.5. The fourth-order valence-electron chi connectivity index (χ4n) is 5.64. The summed E-state index contributed by atoms with van der Waals surface area (Å²) < 4.78 is 6.52. The second-order valence-electron chi connectivity index (χ2n) is 9.22. The van der Waals surface area contributed by atoms with E-state index >= 15 is 0 Å². The van der Waals surface area contributed by atoms with E-state index in [0.717, 1.165) is 56.1 Å². The molecule has 0 unspecified atom stereocenters. The van der Waals surface area contributed by atoms with Gasteiger partial charge in [0, 0.05) is 37.9 Å². The summed E-state index contributed by atoms with van der Waals surface area (Å²) in [5.41, 5.74) is 2.24. The number of ether oxygens (including phenoxy) is 1. The number of fused-ring (bicyclic) bond motifs is 1. The van der Waals surface area contributed by atoms with Crippen LogP contribution in [-0.4, -0.2) is 57.3 Å². The van der Waals surface area contributed by atoms with Gasteiger partial charge >= 0.3 is 0 Å². The molecule has 3 aliphatic rings. The van der Waals surface area contributed by atoms with Gasteiger partial charge in [-0.1, -0.05) is 36.8 Å². The summed E-state index contributed by atoms with van der Waals surface area (Å²) >= 11 is 0. The minimum atomic E-state index is -0.0371. The van der Waals surface area contributed by atoms with Crippen LogP contribution in [0.2, 0.25) is 0 Å². The third kappa shape index (κ3) is 3.65. The SMILES string of the molecule is CCc1n[nH]c(CN2C[C@@H]3[C@H](CNC(=O)Cc4ccc(C)cc4)[C@H]4CC[C@]3(C2)O4)n1. The zero-order valence-corrected chi connectivity index (χ0v) is 17.9. The Balaban J connectivity index is 1.18. The fraction of sp³-hybridized carbons (Fsp3) is 0.609. The monoisotopic (exact) mass is 409 g/mol. The number of carbonyl (C=O) groups is 1. The summed E-state index contributed by atoms with van der Waals surface area (Å²) in [5, 5.41) is 10.5. The summed E-state index contributed by atoms with van der Waals surface area (Å²) in [6.45, 7) is 7.56. The van der Waals surface area contributed by atoms with Gasteiger partial charge in [0.1, 0.15) is 11.6 Å². The van der Waals surface area contributed by atoms with Crippen molar-refractivity contribution in [2.45, 2.75) is 57.8 Å². The normalized spacial score (nSPS) is 30.0. The number of nitrogens with zero attached hydrogens (tertiary/aromatic N) is 3. The van der Waals surface area contributed by atoms with Gasteiger partial charge in [-0.05, 0) is 25.3 Å². The third-order valence-corrected chi connectivity index (χ3v) is 7.14. The lowest BCUT2D eigenvalue weighted by molar-refractivity contribution is -0.120. The lowest BCUT2D eigenvalue weighted by Crippen LogP contribution is -2.42. The van der Waals surface area contributed by atoms with Crippen molar-refractivity contribution in [3.63, 3.8) is 0 Å². The van der Waals surface area contributed by atoms with Gasteiger partial charge in [0.05, 0.1) is 24.7 Å². The van der Waals surface area contributed by atoms with Crippen molar-refractivity contribution in [1.29, 1.82) is 0 Å². The van der Waals surface area contributed by atoms with E-state index in [0.29, 0.717) is 24.8 Å². The number of nitrogens with one attached hydrogen (secondary N) is 2. The molecule has 3 fully saturated rings. The lowest BCUT2D eigenvalue weighted by atomic mass is 9.73. The van der Waals surface area contributed by atoms with Crippen molar-refractivity contribution in [3.8, 4) is 0 Å². The standard InChI is InChI=1S/C23H31N5O2/c1-3-20-25-21(27-26-20)13-28-12-18-17(19-8-9-23(18,14-28)30-19)11-24-22(29)10-16-6-4-15(2)5-7-16/h4-7,17-19H,3,8-14H2,1-2H3,(H,24,29)(H,25,26,27)/t17-,18+,19+,23+/m0/s1. The average Bonchev–Trinajstić information content (AvgIpc) is 3.48. The number of rotatable bonds is 7. The van der Waals surface area contributed by atoms with Crippen LogP contribution in [0, 0.1) is 18.8 Å². The molecule has 3 saturated heterocycles. The quantitative estimate of drug-likeness (QED) is 0.731. The van der Waals surface area contributed by atoms with E-state index < -0.39 is 0 Å². The van der Waals surface area contributed by atoms with Crippen LogP contribution in [-0.2, 0) is 28.9 Å². The maximum absolute atomic E-state index is 12.5. The molecule has 1 amide bonds. The minimum Gasteiger partial charge on any atom is -0.370 e. The van der Waals surface area contributed by atoms with Crippen LogP contribution in [0.5, 0.6) is 0 Å². The molecule has 4 heterocycles. The molecule has 160 valence electrons. The van der Waals surface area contributed by atoms with Gasteiger partial charge in [0.2, 0.25) is 5.91 Å². The summed E-state index contributed by atoms with van der Waals surface area (Å²) in [7, 11) is 0. The van der Waals surface area contributed by atoms with Crippen molar-refractivity contribution in [1.82, 2.24) is 25.4 Å². The van der Waals surface area contributed by atoms with Crippen LogP contribution >= 0.6 is 0 Å². The Labute approximate surface area is 177 Å². The maximum Gasteiger partial charge on any atom is 0.224 e. The third-order valence-electron chi connectivity index (χ3n) is 7.14. The number of aromatic amines is 1. The Kier molecular flexibility index (Phi) is 5.11. The first-order valence-electron chi connectivity index (χ1n) is 11.2. The van der Waals surface area contributed by atoms with Crippen LogP contribution < -0.4 is 5.32 Å². The number of hydrogen-bond acceptors (Lipinski definition) is 5. The molecule has 1 spiro atoms. The van der Waals surface area contributed by atoms with Gasteiger partial charge in [-0.25, -0.2) is 4.98 Å². The van der Waals surface area contributed by atoms with Crippen molar-refractivity contribution < 1.29 is 9.53 Å². The summed E-state index contributed by atoms with van der Waals surface area (Å²) in [5.74, 6) is 2.77. The Morgan fingerprint density at radius 2 is 2.20 bits per heavy atom. The maximum atomic E-state index is 12.5. The van der Waals surface area contributed by atoms with E-state index in [1.54, 1.807) is 0 Å². The number of hydrogen-bond donors (Lipinski definition) is 2. The zero-order valence-electron chi connectivity index (χ0n) is 17.9. The smallest absolute Gasteiger partial charge is 0.224 e. The van der Waals surface area contributed by atoms with Gasteiger partial charge in [0.15, 0.2) is 0 Å². The Hall–Kier alpha value is -2.25. The highest BCUT2D eigenvalue weighted by molar-refractivity contribution is 5.78. The van der Waals surface area contributed by atoms with E-state index in [1.807, 2.05) is 12.1 Å². The second-order valence-corrected chi connectivity index (χ2v) is 9.22. The van der Waals surface area contributed by atoms with Crippen molar-refractivity contribution in [2.75, 3.05) is 19.6 Å². The van der Waals surface area contributed by atoms with Crippen LogP contribution in [0.3, 0.4) is 0 Å². The molecule has 30 heavy (non-hydrogen) atoms. The van der Waals surface area contributed by atoms with Crippen LogP contribution in [0.4, 0.5) is 0 Å². The molecule has 7 nitrogen and oxygen atoms in total. The second kappa shape index (κ2) is 7.78. The lowest BCUT2D eigenvalue weighted by Gasteiger charge is -2.29. The molecule has 0 aliphatic carbocycles. The minimum absolute atomic E-state index is 0.0371. The number of aryl methyl sites for hydroxylation is 2. The Morgan fingerprint density at radius 3 is 2.97 bits per heavy atom. The van der Waals surface area contributed by atoms with Gasteiger partial charge in [-0.2, -0.15) is 5.10 Å². The fourth-order valence-corrected chi connectivity index (χ4v) is 5.64. The first kappa shape index (κ1) is 19.7. The molecule has 3 aliphatic heterocycles. The predicted octanol–water partition coefficient (Wildman–Crippen LogP) is 2.01. The highest BCUT2D eigenvalue weighted by Crippen LogP contribution is 2.54. The average molecular weight is 410 g/mol. The highest BCUT2D eigenvalue weighted by atomic mass is 16.5. The molecule has 2 aromatic rings. The number of aromatic nitrogens is 3. The number of benzene rings is 1. The van der Waals surface area contributed by atoms with E-state index in [-0.39, 0.29) is 17.6 Å². The molecule has 1 aromatic heterocycles. The molecule has 2 N–H and O–H groups in total. The molecule has 5 rings (SSSR count). The number of amides is 1. The number of H-pyrrole nitrogens is 1. The van der Waals surface area contributed by atoms with E-state index in [9.17, 15) is 4.79 Å². The first-order chi connectivity index (χ1) is 14.5. The topological polar surface area (TPSA) is 83.1 Å². The van der Waals surface area contributed by atoms with Gasteiger partial charge in [-0.15, -0.1) is 0 Å². The van der Waals surface area contributed by atoms with E-state index in [1.165, 1.54) is 5.56 Å². The molecular formula is C23H31N5O2. The molecule has 2 bridgehead atoms. The van der Waals surface area contributed by atoms with Gasteiger partial charge in [0.25, 0.3) is 0 Å². The Morgan fingerprint density at radius 1 is 1.37 bits per heavy atom. The van der Waals surface area contributed by atoms with Gasteiger partial charge < -0.3 is 10.1 Å². The van der Waals surface area contributed by atoms with E-state index in [2.05, 4.69) is 51.4 Å². The largest absolute Gasteiger partial charge is 0.370 e. The molecule has 0 saturated carbocycles. The first-order valence-corrected chi connectivity index (χ1v) is 11.2. The van der Waals surface area contributed by atoms with Crippen LogP contribution in [0.25, 0.3) is 0 Å². The molecule has 4 atom stereocenters. The van der Waals surface area contributed by atoms with E-state index in [4.69, 9.17) is 4.74 Å².